The SMILES string of the molecule is FC(F)(F)CN1CCc2c(cccc2NCc2ncnn2-c2ccccc2)C1. The molecule has 0 aliphatic carbocycles. The third-order valence-corrected chi connectivity index (χ3v) is 4.80. The van der Waals surface area contributed by atoms with Gasteiger partial charge in [0.05, 0.1) is 18.8 Å². The second-order valence-corrected chi connectivity index (χ2v) is 6.80. The number of para-hydroxylation sites is 1. The fourth-order valence-corrected chi connectivity index (χ4v) is 3.57. The Kier molecular flexibility index (Phi) is 5.04. The molecule has 0 atom stereocenters. The Hall–Kier alpha value is -2.87. The van der Waals surface area contributed by atoms with Gasteiger partial charge in [0.2, 0.25) is 0 Å². The van der Waals surface area contributed by atoms with Crippen molar-refractivity contribution in [3.63, 3.8) is 0 Å². The number of nitrogens with one attached hydrogen (secondary N) is 1. The van der Waals surface area contributed by atoms with Crippen molar-refractivity contribution in [3.8, 4) is 5.69 Å². The van der Waals surface area contributed by atoms with Crippen molar-refractivity contribution in [2.75, 3.05) is 18.4 Å². The van der Waals surface area contributed by atoms with Gasteiger partial charge in [-0.3, -0.25) is 4.90 Å². The molecule has 1 aliphatic heterocycles. The van der Waals surface area contributed by atoms with Gasteiger partial charge in [0.25, 0.3) is 0 Å². The van der Waals surface area contributed by atoms with E-state index in [1.165, 1.54) is 11.2 Å². The quantitative estimate of drug-likeness (QED) is 0.723. The lowest BCUT2D eigenvalue weighted by molar-refractivity contribution is -0.147. The topological polar surface area (TPSA) is 46.0 Å². The van der Waals surface area contributed by atoms with E-state index in [2.05, 4.69) is 15.4 Å². The predicted molar refractivity (Wildman–Crippen MR) is 100 cm³/mol. The number of aromatic nitrogens is 3. The molecule has 146 valence electrons. The van der Waals surface area contributed by atoms with E-state index in [0.29, 0.717) is 26.1 Å². The van der Waals surface area contributed by atoms with Crippen molar-refractivity contribution in [1.82, 2.24) is 19.7 Å². The van der Waals surface area contributed by atoms with Gasteiger partial charge in [0, 0.05) is 18.8 Å². The summed E-state index contributed by atoms with van der Waals surface area (Å²) in [5.41, 5.74) is 3.87. The van der Waals surface area contributed by atoms with Crippen LogP contribution in [0.1, 0.15) is 17.0 Å². The summed E-state index contributed by atoms with van der Waals surface area (Å²) >= 11 is 0. The third-order valence-electron chi connectivity index (χ3n) is 4.80. The van der Waals surface area contributed by atoms with Crippen LogP contribution in [-0.2, 0) is 19.5 Å². The third kappa shape index (κ3) is 4.17. The summed E-state index contributed by atoms with van der Waals surface area (Å²) in [5.74, 6) is 0.762. The zero-order valence-corrected chi connectivity index (χ0v) is 15.2. The summed E-state index contributed by atoms with van der Waals surface area (Å²) in [5, 5.41) is 7.67. The van der Waals surface area contributed by atoms with Crippen molar-refractivity contribution >= 4 is 5.69 Å². The summed E-state index contributed by atoms with van der Waals surface area (Å²) in [6, 6.07) is 15.5. The molecule has 1 aromatic heterocycles. The van der Waals surface area contributed by atoms with E-state index < -0.39 is 12.7 Å². The Morgan fingerprint density at radius 1 is 1.04 bits per heavy atom. The van der Waals surface area contributed by atoms with E-state index >= 15 is 0 Å². The predicted octanol–water partition coefficient (Wildman–Crippen LogP) is 3.80. The van der Waals surface area contributed by atoms with Crippen molar-refractivity contribution < 1.29 is 13.2 Å². The molecule has 0 unspecified atom stereocenters. The molecule has 0 fully saturated rings. The van der Waals surface area contributed by atoms with Crippen LogP contribution in [0.4, 0.5) is 18.9 Å². The lowest BCUT2D eigenvalue weighted by atomic mass is 9.97. The van der Waals surface area contributed by atoms with Gasteiger partial charge in [-0.15, -0.1) is 0 Å². The van der Waals surface area contributed by atoms with E-state index in [1.54, 1.807) is 4.68 Å². The largest absolute Gasteiger partial charge is 0.401 e. The van der Waals surface area contributed by atoms with Gasteiger partial charge < -0.3 is 5.32 Å². The van der Waals surface area contributed by atoms with Crippen LogP contribution in [0.5, 0.6) is 0 Å². The lowest BCUT2D eigenvalue weighted by Gasteiger charge is -2.30. The fourth-order valence-electron chi connectivity index (χ4n) is 3.57. The van der Waals surface area contributed by atoms with Crippen molar-refractivity contribution in [2.45, 2.75) is 25.7 Å². The molecule has 1 aliphatic rings. The monoisotopic (exact) mass is 387 g/mol. The minimum atomic E-state index is -4.17. The highest BCUT2D eigenvalue weighted by atomic mass is 19.4. The van der Waals surface area contributed by atoms with E-state index in [0.717, 1.165) is 28.3 Å². The fraction of sp³-hybridized carbons (Fsp3) is 0.300. The molecular formula is C20H20F3N5. The number of halogens is 3. The van der Waals surface area contributed by atoms with Crippen LogP contribution >= 0.6 is 0 Å². The van der Waals surface area contributed by atoms with Crippen molar-refractivity contribution in [3.05, 3.63) is 71.8 Å². The number of hydrogen-bond acceptors (Lipinski definition) is 4. The van der Waals surface area contributed by atoms with Crippen LogP contribution in [0, 0.1) is 0 Å². The molecule has 0 bridgehead atoms. The number of nitrogens with zero attached hydrogens (tertiary/aromatic N) is 4. The van der Waals surface area contributed by atoms with Gasteiger partial charge in [-0.05, 0) is 35.7 Å². The van der Waals surface area contributed by atoms with Gasteiger partial charge >= 0.3 is 6.18 Å². The molecule has 0 saturated heterocycles. The molecule has 28 heavy (non-hydrogen) atoms. The van der Waals surface area contributed by atoms with Crippen molar-refractivity contribution in [1.29, 1.82) is 0 Å². The van der Waals surface area contributed by atoms with Crippen LogP contribution in [0.25, 0.3) is 5.69 Å². The summed E-state index contributed by atoms with van der Waals surface area (Å²) < 4.78 is 39.8. The van der Waals surface area contributed by atoms with Gasteiger partial charge in [-0.25, -0.2) is 9.67 Å². The first kappa shape index (κ1) is 18.5. The maximum absolute atomic E-state index is 12.7. The number of alkyl halides is 3. The standard InChI is InChI=1S/C20H20F3N5/c21-20(22,23)13-27-10-9-17-15(12-27)5-4-8-18(17)24-11-19-25-14-26-28(19)16-6-2-1-3-7-16/h1-8,14,24H,9-13H2. The molecule has 2 aromatic carbocycles. The summed E-state index contributed by atoms with van der Waals surface area (Å²) in [6.45, 7) is 0.303. The average Bonchev–Trinajstić information content (AvgIpc) is 3.14. The summed E-state index contributed by atoms with van der Waals surface area (Å²) in [4.78, 5) is 5.77. The highest BCUT2D eigenvalue weighted by Crippen LogP contribution is 2.28. The first-order valence-corrected chi connectivity index (χ1v) is 9.08. The smallest absolute Gasteiger partial charge is 0.378 e. The van der Waals surface area contributed by atoms with Gasteiger partial charge in [0.15, 0.2) is 5.82 Å². The Labute approximate surface area is 160 Å². The van der Waals surface area contributed by atoms with Gasteiger partial charge in [-0.1, -0.05) is 30.3 Å². The van der Waals surface area contributed by atoms with Crippen LogP contribution in [0.2, 0.25) is 0 Å². The molecule has 0 saturated carbocycles. The van der Waals surface area contributed by atoms with Gasteiger partial charge in [-0.2, -0.15) is 18.3 Å². The minimum absolute atomic E-state index is 0.310. The first-order valence-electron chi connectivity index (χ1n) is 9.08. The number of benzene rings is 2. The number of anilines is 1. The van der Waals surface area contributed by atoms with E-state index in [9.17, 15) is 13.2 Å². The average molecular weight is 387 g/mol. The van der Waals surface area contributed by atoms with E-state index in [1.807, 2.05) is 48.5 Å². The zero-order chi connectivity index (χ0) is 19.6. The number of hydrogen-bond donors (Lipinski definition) is 1. The van der Waals surface area contributed by atoms with Gasteiger partial charge in [0.1, 0.15) is 6.33 Å². The van der Waals surface area contributed by atoms with Crippen LogP contribution in [0.3, 0.4) is 0 Å². The van der Waals surface area contributed by atoms with Crippen LogP contribution in [0.15, 0.2) is 54.9 Å². The highest BCUT2D eigenvalue weighted by molar-refractivity contribution is 5.55. The molecule has 3 aromatic rings. The zero-order valence-electron chi connectivity index (χ0n) is 15.2. The molecule has 0 amide bonds. The highest BCUT2D eigenvalue weighted by Gasteiger charge is 2.32. The minimum Gasteiger partial charge on any atom is -0.378 e. The number of rotatable bonds is 5. The Morgan fingerprint density at radius 3 is 2.64 bits per heavy atom. The summed E-state index contributed by atoms with van der Waals surface area (Å²) in [6.07, 6.45) is -2.08. The molecule has 4 rings (SSSR count). The second kappa shape index (κ2) is 7.63. The Morgan fingerprint density at radius 2 is 1.86 bits per heavy atom. The maximum atomic E-state index is 12.7. The van der Waals surface area contributed by atoms with Crippen molar-refractivity contribution in [2.24, 2.45) is 0 Å². The lowest BCUT2D eigenvalue weighted by Crippen LogP contribution is -2.38. The molecule has 0 radical (unpaired) electrons. The molecule has 1 N–H and O–H groups in total. The van der Waals surface area contributed by atoms with Crippen LogP contribution < -0.4 is 5.32 Å². The van der Waals surface area contributed by atoms with E-state index in [-0.39, 0.29) is 0 Å². The normalized spacial score (nSPS) is 14.7. The molecule has 2 heterocycles. The number of fused-ring (bicyclic) bond motifs is 1. The molecule has 5 nitrogen and oxygen atoms in total. The Balaban J connectivity index is 1.48. The molecule has 0 spiro atoms. The second-order valence-electron chi connectivity index (χ2n) is 6.80. The molecule has 8 heteroatoms. The van der Waals surface area contributed by atoms with Crippen LogP contribution in [-0.4, -0.2) is 38.9 Å². The Bertz CT molecular complexity index is 937. The molecular weight excluding hydrogens is 367 g/mol. The maximum Gasteiger partial charge on any atom is 0.401 e. The van der Waals surface area contributed by atoms with E-state index in [4.69, 9.17) is 0 Å². The summed E-state index contributed by atoms with van der Waals surface area (Å²) in [7, 11) is 0. The first-order chi connectivity index (χ1) is 13.5.